The molecule has 4 heteroatoms. The molecule has 0 atom stereocenters. The standard InChI is InChI=1S/C13H12N4/c14-6-10-3-4-12-8-16-13(17(12)9-10)11-2-1-5-15-7-11/h1-5,7-9H,6,14H2. The Hall–Kier alpha value is -2.20. The SMILES string of the molecule is NCc1ccc2cnc(-c3cccnc3)n2c1. The Balaban J connectivity index is 2.23. The van der Waals surface area contributed by atoms with Gasteiger partial charge in [0.15, 0.2) is 0 Å². The molecule has 2 N–H and O–H groups in total. The topological polar surface area (TPSA) is 56.2 Å². The number of pyridine rings is 2. The predicted octanol–water partition coefficient (Wildman–Crippen LogP) is 1.85. The molecule has 0 spiro atoms. The van der Waals surface area contributed by atoms with E-state index < -0.39 is 0 Å². The molecule has 17 heavy (non-hydrogen) atoms. The maximum atomic E-state index is 5.65. The number of fused-ring (bicyclic) bond motifs is 1. The van der Waals surface area contributed by atoms with Crippen LogP contribution in [0.4, 0.5) is 0 Å². The van der Waals surface area contributed by atoms with E-state index in [0.29, 0.717) is 6.54 Å². The molecule has 0 aromatic carbocycles. The van der Waals surface area contributed by atoms with E-state index in [0.717, 1.165) is 22.5 Å². The lowest BCUT2D eigenvalue weighted by molar-refractivity contribution is 1.03. The highest BCUT2D eigenvalue weighted by atomic mass is 15.0. The maximum absolute atomic E-state index is 5.65. The molecule has 0 saturated carbocycles. The number of nitrogens with zero attached hydrogens (tertiary/aromatic N) is 3. The number of nitrogens with two attached hydrogens (primary N) is 1. The average molecular weight is 224 g/mol. The zero-order valence-corrected chi connectivity index (χ0v) is 9.24. The zero-order valence-electron chi connectivity index (χ0n) is 9.24. The van der Waals surface area contributed by atoms with Gasteiger partial charge in [0.25, 0.3) is 0 Å². The van der Waals surface area contributed by atoms with Crippen molar-refractivity contribution in [2.24, 2.45) is 5.73 Å². The lowest BCUT2D eigenvalue weighted by Crippen LogP contribution is -1.99. The molecule has 0 amide bonds. The van der Waals surface area contributed by atoms with Crippen molar-refractivity contribution in [2.45, 2.75) is 6.54 Å². The van der Waals surface area contributed by atoms with Crippen LogP contribution >= 0.6 is 0 Å². The first-order valence-electron chi connectivity index (χ1n) is 5.45. The minimum Gasteiger partial charge on any atom is -0.326 e. The fourth-order valence-electron chi connectivity index (χ4n) is 1.86. The highest BCUT2D eigenvalue weighted by Gasteiger charge is 2.06. The Kier molecular flexibility index (Phi) is 2.34. The highest BCUT2D eigenvalue weighted by molar-refractivity contribution is 5.61. The van der Waals surface area contributed by atoms with Gasteiger partial charge >= 0.3 is 0 Å². The third-order valence-electron chi connectivity index (χ3n) is 2.74. The van der Waals surface area contributed by atoms with E-state index in [9.17, 15) is 0 Å². The molecule has 0 aliphatic heterocycles. The molecule has 0 aliphatic carbocycles. The second kappa shape index (κ2) is 3.99. The maximum Gasteiger partial charge on any atom is 0.146 e. The van der Waals surface area contributed by atoms with Gasteiger partial charge in [0.2, 0.25) is 0 Å². The van der Waals surface area contributed by atoms with Gasteiger partial charge in [0, 0.05) is 30.7 Å². The molecule has 0 saturated heterocycles. The fourth-order valence-corrected chi connectivity index (χ4v) is 1.86. The molecule has 3 rings (SSSR count). The number of rotatable bonds is 2. The molecule has 4 nitrogen and oxygen atoms in total. The highest BCUT2D eigenvalue weighted by Crippen LogP contribution is 2.19. The van der Waals surface area contributed by atoms with Gasteiger partial charge in [-0.1, -0.05) is 6.07 Å². The Bertz CT molecular complexity index is 643. The molecule has 0 aliphatic rings. The molecule has 0 bridgehead atoms. The van der Waals surface area contributed by atoms with Crippen LogP contribution in [0.25, 0.3) is 16.9 Å². The number of hydrogen-bond acceptors (Lipinski definition) is 3. The van der Waals surface area contributed by atoms with Crippen LogP contribution in [0, 0.1) is 0 Å². The van der Waals surface area contributed by atoms with Crippen LogP contribution in [0.3, 0.4) is 0 Å². The minimum atomic E-state index is 0.528. The Labute approximate surface area is 98.8 Å². The summed E-state index contributed by atoms with van der Waals surface area (Å²) in [4.78, 5) is 8.54. The molecule has 3 aromatic heterocycles. The second-order valence-electron chi connectivity index (χ2n) is 3.86. The van der Waals surface area contributed by atoms with E-state index in [4.69, 9.17) is 5.73 Å². The first-order valence-corrected chi connectivity index (χ1v) is 5.45. The van der Waals surface area contributed by atoms with Gasteiger partial charge in [-0.25, -0.2) is 4.98 Å². The quantitative estimate of drug-likeness (QED) is 0.722. The van der Waals surface area contributed by atoms with Gasteiger partial charge < -0.3 is 5.73 Å². The van der Waals surface area contributed by atoms with Crippen molar-refractivity contribution in [3.8, 4) is 11.4 Å². The van der Waals surface area contributed by atoms with Crippen molar-refractivity contribution in [3.63, 3.8) is 0 Å². The van der Waals surface area contributed by atoms with Gasteiger partial charge in [-0.2, -0.15) is 0 Å². The van der Waals surface area contributed by atoms with Gasteiger partial charge in [-0.05, 0) is 23.8 Å². The van der Waals surface area contributed by atoms with Crippen LogP contribution in [0.1, 0.15) is 5.56 Å². The van der Waals surface area contributed by atoms with Gasteiger partial charge in [-0.3, -0.25) is 9.38 Å². The summed E-state index contributed by atoms with van der Waals surface area (Å²) in [5, 5.41) is 0. The van der Waals surface area contributed by atoms with Crippen molar-refractivity contribution in [3.05, 3.63) is 54.6 Å². The molecular formula is C13H12N4. The van der Waals surface area contributed by atoms with Gasteiger partial charge in [-0.15, -0.1) is 0 Å². The van der Waals surface area contributed by atoms with E-state index in [1.165, 1.54) is 0 Å². The van der Waals surface area contributed by atoms with Crippen LogP contribution < -0.4 is 5.73 Å². The van der Waals surface area contributed by atoms with Crippen LogP contribution in [0.2, 0.25) is 0 Å². The smallest absolute Gasteiger partial charge is 0.146 e. The summed E-state index contributed by atoms with van der Waals surface area (Å²) in [6.45, 7) is 0.528. The summed E-state index contributed by atoms with van der Waals surface area (Å²) in [6.07, 6.45) is 7.43. The molecule has 0 unspecified atom stereocenters. The summed E-state index contributed by atoms with van der Waals surface area (Å²) >= 11 is 0. The van der Waals surface area contributed by atoms with Crippen molar-refractivity contribution in [1.82, 2.24) is 14.4 Å². The average Bonchev–Trinajstić information content (AvgIpc) is 2.82. The summed E-state index contributed by atoms with van der Waals surface area (Å²) < 4.78 is 2.04. The van der Waals surface area contributed by atoms with Crippen LogP contribution in [0.15, 0.2) is 49.1 Å². The minimum absolute atomic E-state index is 0.528. The third-order valence-corrected chi connectivity index (χ3v) is 2.74. The van der Waals surface area contributed by atoms with E-state index in [1.54, 1.807) is 6.20 Å². The molecule has 3 aromatic rings. The van der Waals surface area contributed by atoms with E-state index in [1.807, 2.05) is 47.3 Å². The van der Waals surface area contributed by atoms with E-state index >= 15 is 0 Å². The molecule has 0 radical (unpaired) electrons. The first-order chi connectivity index (χ1) is 8.38. The molecule has 0 fully saturated rings. The number of aromatic nitrogens is 3. The van der Waals surface area contributed by atoms with Gasteiger partial charge in [0.1, 0.15) is 5.82 Å². The lowest BCUT2D eigenvalue weighted by Gasteiger charge is -2.03. The Morgan fingerprint density at radius 3 is 2.88 bits per heavy atom. The van der Waals surface area contributed by atoms with E-state index in [2.05, 4.69) is 9.97 Å². The van der Waals surface area contributed by atoms with Crippen LogP contribution in [-0.4, -0.2) is 14.4 Å². The Morgan fingerprint density at radius 1 is 1.18 bits per heavy atom. The van der Waals surface area contributed by atoms with E-state index in [-0.39, 0.29) is 0 Å². The molecule has 3 heterocycles. The fraction of sp³-hybridized carbons (Fsp3) is 0.0769. The van der Waals surface area contributed by atoms with Crippen molar-refractivity contribution in [1.29, 1.82) is 0 Å². The van der Waals surface area contributed by atoms with Crippen molar-refractivity contribution < 1.29 is 0 Å². The van der Waals surface area contributed by atoms with Gasteiger partial charge in [0.05, 0.1) is 11.7 Å². The van der Waals surface area contributed by atoms with Crippen LogP contribution in [0.5, 0.6) is 0 Å². The number of imidazole rings is 1. The zero-order chi connectivity index (χ0) is 11.7. The van der Waals surface area contributed by atoms with Crippen molar-refractivity contribution in [2.75, 3.05) is 0 Å². The normalized spacial score (nSPS) is 10.9. The summed E-state index contributed by atoms with van der Waals surface area (Å²) in [7, 11) is 0. The molecular weight excluding hydrogens is 212 g/mol. The van der Waals surface area contributed by atoms with Crippen LogP contribution in [-0.2, 0) is 6.54 Å². The monoisotopic (exact) mass is 224 g/mol. The second-order valence-corrected chi connectivity index (χ2v) is 3.86. The molecule has 84 valence electrons. The summed E-state index contributed by atoms with van der Waals surface area (Å²) in [5.74, 6) is 0.892. The first kappa shape index (κ1) is 9.99. The summed E-state index contributed by atoms with van der Waals surface area (Å²) in [5.41, 5.74) is 8.79. The van der Waals surface area contributed by atoms with Crippen molar-refractivity contribution >= 4 is 5.52 Å². The number of hydrogen-bond donors (Lipinski definition) is 1. The lowest BCUT2D eigenvalue weighted by atomic mass is 10.2. The summed E-state index contributed by atoms with van der Waals surface area (Å²) in [6, 6.07) is 7.94. The Morgan fingerprint density at radius 2 is 2.12 bits per heavy atom. The largest absolute Gasteiger partial charge is 0.326 e. The predicted molar refractivity (Wildman–Crippen MR) is 66.3 cm³/mol. The third kappa shape index (κ3) is 1.68.